The molecular formula is C22H26FN5O. The minimum atomic E-state index is -0.330. The van der Waals surface area contributed by atoms with E-state index in [1.165, 1.54) is 6.20 Å². The van der Waals surface area contributed by atoms with Gasteiger partial charge in [0.1, 0.15) is 0 Å². The van der Waals surface area contributed by atoms with E-state index in [1.807, 2.05) is 29.0 Å². The van der Waals surface area contributed by atoms with Crippen LogP contribution in [0.25, 0.3) is 5.57 Å². The molecule has 3 heterocycles. The van der Waals surface area contributed by atoms with E-state index in [0.29, 0.717) is 37.8 Å². The number of urea groups is 1. The lowest BCUT2D eigenvalue weighted by atomic mass is 9.88. The summed E-state index contributed by atoms with van der Waals surface area (Å²) in [5, 5.41) is 3.06. The van der Waals surface area contributed by atoms with E-state index in [0.717, 1.165) is 23.3 Å². The van der Waals surface area contributed by atoms with E-state index in [-0.39, 0.29) is 17.9 Å². The van der Waals surface area contributed by atoms with Crippen LogP contribution in [0.4, 0.5) is 14.9 Å². The molecular weight excluding hydrogens is 369 g/mol. The van der Waals surface area contributed by atoms with E-state index in [4.69, 9.17) is 0 Å². The summed E-state index contributed by atoms with van der Waals surface area (Å²) in [7, 11) is 0. The Labute approximate surface area is 170 Å². The zero-order valence-corrected chi connectivity index (χ0v) is 16.8. The Morgan fingerprint density at radius 3 is 2.93 bits per heavy atom. The Kier molecular flexibility index (Phi) is 5.47. The smallest absolute Gasteiger partial charge is 0.318 e. The van der Waals surface area contributed by atoms with Gasteiger partial charge in [-0.3, -0.25) is 9.97 Å². The van der Waals surface area contributed by atoms with E-state index in [9.17, 15) is 9.18 Å². The van der Waals surface area contributed by atoms with Gasteiger partial charge in [0.2, 0.25) is 0 Å². The number of rotatable bonds is 3. The summed E-state index contributed by atoms with van der Waals surface area (Å²) in [4.78, 5) is 24.9. The third kappa shape index (κ3) is 3.95. The molecule has 0 radical (unpaired) electrons. The number of fused-ring (bicyclic) bond motifs is 1. The summed E-state index contributed by atoms with van der Waals surface area (Å²) >= 11 is 0. The monoisotopic (exact) mass is 395 g/mol. The summed E-state index contributed by atoms with van der Waals surface area (Å²) in [5.41, 5.74) is 3.88. The molecule has 0 aromatic carbocycles. The van der Waals surface area contributed by atoms with Gasteiger partial charge >= 0.3 is 6.03 Å². The Hall–Kier alpha value is -2.96. The van der Waals surface area contributed by atoms with Crippen LogP contribution in [0.2, 0.25) is 0 Å². The molecule has 0 saturated carbocycles. The number of hydrogen-bond donors (Lipinski definition) is 1. The third-order valence-corrected chi connectivity index (χ3v) is 5.78. The van der Waals surface area contributed by atoms with E-state index in [2.05, 4.69) is 34.4 Å². The first kappa shape index (κ1) is 19.4. The number of aromatic nitrogens is 2. The number of pyridine rings is 2. The average molecular weight is 395 g/mol. The second-order valence-electron chi connectivity index (χ2n) is 7.78. The summed E-state index contributed by atoms with van der Waals surface area (Å²) < 4.78 is 14.0. The normalized spacial score (nSPS) is 21.4. The topological polar surface area (TPSA) is 61.4 Å². The summed E-state index contributed by atoms with van der Waals surface area (Å²) in [6, 6.07) is 5.58. The molecule has 2 atom stereocenters. The van der Waals surface area contributed by atoms with Crippen LogP contribution in [0.3, 0.4) is 0 Å². The quantitative estimate of drug-likeness (QED) is 0.865. The lowest BCUT2D eigenvalue weighted by molar-refractivity contribution is 0.172. The average Bonchev–Trinajstić information content (AvgIpc) is 2.73. The number of anilines is 1. The Morgan fingerprint density at radius 1 is 1.28 bits per heavy atom. The molecule has 0 bridgehead atoms. The van der Waals surface area contributed by atoms with Gasteiger partial charge in [-0.2, -0.15) is 0 Å². The van der Waals surface area contributed by atoms with Gasteiger partial charge in [-0.1, -0.05) is 19.1 Å². The molecule has 0 spiro atoms. The number of piperazine rings is 1. The molecule has 2 aromatic rings. The summed E-state index contributed by atoms with van der Waals surface area (Å²) in [6.45, 7) is 6.36. The van der Waals surface area contributed by atoms with E-state index < -0.39 is 0 Å². The van der Waals surface area contributed by atoms with E-state index in [1.54, 1.807) is 12.3 Å². The molecule has 2 aromatic heterocycles. The summed E-state index contributed by atoms with van der Waals surface area (Å²) in [6.07, 6.45) is 7.77. The highest BCUT2D eigenvalue weighted by atomic mass is 19.1. The van der Waals surface area contributed by atoms with Crippen molar-refractivity contribution in [3.8, 4) is 0 Å². The second-order valence-corrected chi connectivity index (χ2v) is 7.78. The van der Waals surface area contributed by atoms with Crippen LogP contribution in [0, 0.1) is 5.82 Å². The first-order valence-electron chi connectivity index (χ1n) is 10.1. The molecule has 29 heavy (non-hydrogen) atoms. The first-order valence-corrected chi connectivity index (χ1v) is 10.1. The maximum Gasteiger partial charge on any atom is 0.318 e. The standard InChI is InChI=1S/C22H26FN5O/c1-15-5-6-17(18-4-3-8-25-21(15)18)12-26-22(29)28-11-10-27(14-16(28)2)20-7-9-24-13-19(20)23/h3-4,6-9,13,15-16H,5,10-12,14H2,1-2H3,(H,26,29)/t15?,16-/m1/s1. The van der Waals surface area contributed by atoms with Crippen molar-refractivity contribution in [1.82, 2.24) is 20.2 Å². The van der Waals surface area contributed by atoms with Gasteiger partial charge in [-0.25, -0.2) is 9.18 Å². The van der Waals surface area contributed by atoms with Gasteiger partial charge in [0.05, 0.1) is 17.6 Å². The SMILES string of the molecule is CC1CC=C(CNC(=O)N2CCN(c3ccncc3F)C[C@H]2C)c2cccnc21. The predicted octanol–water partition coefficient (Wildman–Crippen LogP) is 3.43. The van der Waals surface area contributed by atoms with Gasteiger partial charge in [-0.05, 0) is 31.1 Å². The van der Waals surface area contributed by atoms with Gasteiger partial charge in [0.15, 0.2) is 5.82 Å². The predicted molar refractivity (Wildman–Crippen MR) is 111 cm³/mol. The maximum absolute atomic E-state index is 14.0. The second kappa shape index (κ2) is 8.19. The largest absolute Gasteiger partial charge is 0.365 e. The van der Waals surface area contributed by atoms with Crippen molar-refractivity contribution >= 4 is 17.3 Å². The van der Waals surface area contributed by atoms with E-state index >= 15 is 0 Å². The number of halogens is 1. The molecule has 1 unspecified atom stereocenters. The summed E-state index contributed by atoms with van der Waals surface area (Å²) in [5.74, 6) is 0.0654. The molecule has 1 aliphatic carbocycles. The van der Waals surface area contributed by atoms with Crippen LogP contribution in [0.5, 0.6) is 0 Å². The molecule has 2 amide bonds. The van der Waals surface area contributed by atoms with Gasteiger partial charge in [0.25, 0.3) is 0 Å². The number of amides is 2. The van der Waals surface area contributed by atoms with Gasteiger partial charge in [0, 0.05) is 56.1 Å². The number of hydrogen-bond acceptors (Lipinski definition) is 4. The zero-order chi connectivity index (χ0) is 20.4. The Bertz CT molecular complexity index is 931. The molecule has 152 valence electrons. The van der Waals surface area contributed by atoms with Crippen LogP contribution < -0.4 is 10.2 Å². The number of allylic oxidation sites excluding steroid dienone is 1. The number of nitrogens with zero attached hydrogens (tertiary/aromatic N) is 4. The first-order chi connectivity index (χ1) is 14.0. The number of carbonyl (C=O) groups excluding carboxylic acids is 1. The molecule has 6 nitrogen and oxygen atoms in total. The molecule has 1 fully saturated rings. The van der Waals surface area contributed by atoms with Crippen molar-refractivity contribution in [1.29, 1.82) is 0 Å². The fraction of sp³-hybridized carbons (Fsp3) is 0.409. The molecule has 2 aliphatic rings. The fourth-order valence-corrected chi connectivity index (χ4v) is 4.16. The highest BCUT2D eigenvalue weighted by Crippen LogP contribution is 2.32. The third-order valence-electron chi connectivity index (χ3n) is 5.78. The van der Waals surface area contributed by atoms with Crippen LogP contribution in [0.1, 0.15) is 37.4 Å². The molecule has 1 aliphatic heterocycles. The van der Waals surface area contributed by atoms with Crippen molar-refractivity contribution in [3.05, 3.63) is 59.9 Å². The minimum absolute atomic E-state index is 0.0226. The van der Waals surface area contributed by atoms with Crippen LogP contribution >= 0.6 is 0 Å². The highest BCUT2D eigenvalue weighted by molar-refractivity contribution is 5.79. The van der Waals surface area contributed by atoms with Crippen molar-refractivity contribution < 1.29 is 9.18 Å². The van der Waals surface area contributed by atoms with Crippen LogP contribution in [-0.2, 0) is 0 Å². The van der Waals surface area contributed by atoms with Crippen molar-refractivity contribution in [3.63, 3.8) is 0 Å². The van der Waals surface area contributed by atoms with Crippen LogP contribution in [0.15, 0.2) is 42.9 Å². The molecule has 4 rings (SSSR count). The lowest BCUT2D eigenvalue weighted by Crippen LogP contribution is -2.57. The molecule has 7 heteroatoms. The molecule has 1 N–H and O–H groups in total. The Balaban J connectivity index is 1.37. The van der Waals surface area contributed by atoms with Crippen molar-refractivity contribution in [2.45, 2.75) is 32.2 Å². The highest BCUT2D eigenvalue weighted by Gasteiger charge is 2.29. The minimum Gasteiger partial charge on any atom is -0.365 e. The number of carbonyl (C=O) groups is 1. The van der Waals surface area contributed by atoms with Crippen molar-refractivity contribution in [2.24, 2.45) is 0 Å². The van der Waals surface area contributed by atoms with Gasteiger partial charge < -0.3 is 15.1 Å². The molecule has 1 saturated heterocycles. The fourth-order valence-electron chi connectivity index (χ4n) is 4.16. The zero-order valence-electron chi connectivity index (χ0n) is 16.8. The Morgan fingerprint density at radius 2 is 2.14 bits per heavy atom. The maximum atomic E-state index is 14.0. The van der Waals surface area contributed by atoms with Gasteiger partial charge in [-0.15, -0.1) is 0 Å². The van der Waals surface area contributed by atoms with Crippen LogP contribution in [-0.4, -0.2) is 53.1 Å². The van der Waals surface area contributed by atoms with Crippen molar-refractivity contribution in [2.75, 3.05) is 31.1 Å². The lowest BCUT2D eigenvalue weighted by Gasteiger charge is -2.41. The number of nitrogens with one attached hydrogen (secondary N) is 1.